The van der Waals surface area contributed by atoms with Gasteiger partial charge in [-0.1, -0.05) is 12.2 Å². The van der Waals surface area contributed by atoms with Crippen LogP contribution in [0.15, 0.2) is 12.2 Å². The molecule has 0 aromatic heterocycles. The Morgan fingerprint density at radius 1 is 1.23 bits per heavy atom. The van der Waals surface area contributed by atoms with Gasteiger partial charge in [-0.25, -0.2) is 4.79 Å². The molecule has 4 heteroatoms. The third-order valence-corrected chi connectivity index (χ3v) is 4.45. The Kier molecular flexibility index (Phi) is 6.30. The van der Waals surface area contributed by atoms with E-state index in [1.54, 1.807) is 0 Å². The van der Waals surface area contributed by atoms with Crippen molar-refractivity contribution in [1.29, 1.82) is 0 Å². The van der Waals surface area contributed by atoms with Crippen LogP contribution in [-0.2, 0) is 4.74 Å². The molecule has 126 valence electrons. The first-order chi connectivity index (χ1) is 10.5. The molecule has 0 spiro atoms. The summed E-state index contributed by atoms with van der Waals surface area (Å²) in [6, 6.07) is 0.280. The van der Waals surface area contributed by atoms with Crippen LogP contribution < -0.4 is 5.32 Å². The lowest BCUT2D eigenvalue weighted by Gasteiger charge is -2.37. The van der Waals surface area contributed by atoms with E-state index in [0.717, 1.165) is 38.4 Å². The minimum Gasteiger partial charge on any atom is -0.444 e. The molecule has 0 bridgehead atoms. The molecular weight excluding hydrogens is 276 g/mol. The van der Waals surface area contributed by atoms with E-state index in [9.17, 15) is 4.79 Å². The van der Waals surface area contributed by atoms with Gasteiger partial charge in [0, 0.05) is 19.1 Å². The number of hydrogen-bond acceptors (Lipinski definition) is 3. The van der Waals surface area contributed by atoms with Crippen molar-refractivity contribution < 1.29 is 9.53 Å². The fourth-order valence-electron chi connectivity index (χ4n) is 3.27. The number of allylic oxidation sites excluding steroid dienone is 2. The molecule has 2 rings (SSSR count). The Labute approximate surface area is 135 Å². The van der Waals surface area contributed by atoms with Crippen LogP contribution in [0.5, 0.6) is 0 Å². The molecule has 1 amide bonds. The predicted octanol–water partition coefficient (Wildman–Crippen LogP) is 3.72. The highest BCUT2D eigenvalue weighted by Gasteiger charge is 2.30. The van der Waals surface area contributed by atoms with Crippen molar-refractivity contribution in [3.63, 3.8) is 0 Å². The van der Waals surface area contributed by atoms with Crippen molar-refractivity contribution in [2.75, 3.05) is 19.6 Å². The third-order valence-electron chi connectivity index (χ3n) is 4.45. The molecule has 0 aromatic carbocycles. The maximum absolute atomic E-state index is 12.4. The molecule has 1 aliphatic heterocycles. The van der Waals surface area contributed by atoms with E-state index in [2.05, 4.69) is 17.5 Å². The summed E-state index contributed by atoms with van der Waals surface area (Å²) in [5, 5.41) is 3.59. The quantitative estimate of drug-likeness (QED) is 0.805. The van der Waals surface area contributed by atoms with E-state index in [1.165, 1.54) is 25.7 Å². The SMILES string of the molecule is CC(C)(C)OC(=O)N1CCCCC1CNCC1CC=CCC1. The summed E-state index contributed by atoms with van der Waals surface area (Å²) < 4.78 is 5.55. The summed E-state index contributed by atoms with van der Waals surface area (Å²) in [4.78, 5) is 14.3. The number of carbonyl (C=O) groups excluding carboxylic acids is 1. The number of likely N-dealkylation sites (tertiary alicyclic amines) is 1. The standard InChI is InChI=1S/C18H32N2O2/c1-18(2,3)22-17(21)20-12-8-7-11-16(20)14-19-13-15-9-5-4-6-10-15/h4-5,15-16,19H,6-14H2,1-3H3. The number of hydrogen-bond donors (Lipinski definition) is 1. The van der Waals surface area contributed by atoms with E-state index < -0.39 is 5.60 Å². The molecule has 22 heavy (non-hydrogen) atoms. The van der Waals surface area contributed by atoms with Crippen molar-refractivity contribution in [2.45, 2.75) is 70.9 Å². The van der Waals surface area contributed by atoms with E-state index in [1.807, 2.05) is 25.7 Å². The van der Waals surface area contributed by atoms with E-state index >= 15 is 0 Å². The Morgan fingerprint density at radius 3 is 2.73 bits per heavy atom. The molecule has 2 aliphatic rings. The van der Waals surface area contributed by atoms with Gasteiger partial charge in [0.15, 0.2) is 0 Å². The van der Waals surface area contributed by atoms with Gasteiger partial charge in [0.25, 0.3) is 0 Å². The summed E-state index contributed by atoms with van der Waals surface area (Å²) in [6.45, 7) is 8.56. The minimum atomic E-state index is -0.416. The summed E-state index contributed by atoms with van der Waals surface area (Å²) >= 11 is 0. The second-order valence-electron chi connectivity index (χ2n) is 7.63. The van der Waals surface area contributed by atoms with Crippen LogP contribution >= 0.6 is 0 Å². The van der Waals surface area contributed by atoms with Gasteiger partial charge in [-0.15, -0.1) is 0 Å². The van der Waals surface area contributed by atoms with E-state index in [4.69, 9.17) is 4.74 Å². The summed E-state index contributed by atoms with van der Waals surface area (Å²) in [6.07, 6.45) is 11.5. The molecule has 2 unspecified atom stereocenters. The summed E-state index contributed by atoms with van der Waals surface area (Å²) in [5.74, 6) is 0.753. The average Bonchev–Trinajstić information content (AvgIpc) is 2.47. The van der Waals surface area contributed by atoms with Crippen LogP contribution in [0, 0.1) is 5.92 Å². The van der Waals surface area contributed by atoms with Crippen LogP contribution in [0.25, 0.3) is 0 Å². The molecule has 0 aromatic rings. The van der Waals surface area contributed by atoms with Crippen LogP contribution in [-0.4, -0.2) is 42.3 Å². The largest absolute Gasteiger partial charge is 0.444 e. The first-order valence-electron chi connectivity index (χ1n) is 8.81. The molecule has 4 nitrogen and oxygen atoms in total. The normalized spacial score (nSPS) is 26.0. The van der Waals surface area contributed by atoms with Gasteiger partial charge in [-0.2, -0.15) is 0 Å². The highest BCUT2D eigenvalue weighted by molar-refractivity contribution is 5.68. The first kappa shape index (κ1) is 17.3. The van der Waals surface area contributed by atoms with Gasteiger partial charge in [0.2, 0.25) is 0 Å². The van der Waals surface area contributed by atoms with Gasteiger partial charge >= 0.3 is 6.09 Å². The summed E-state index contributed by atoms with van der Waals surface area (Å²) in [5.41, 5.74) is -0.416. The molecule has 1 fully saturated rings. The first-order valence-corrected chi connectivity index (χ1v) is 8.81. The number of piperidine rings is 1. The Hall–Kier alpha value is -1.03. The zero-order valence-electron chi connectivity index (χ0n) is 14.4. The Morgan fingerprint density at radius 2 is 2.05 bits per heavy atom. The number of amides is 1. The average molecular weight is 308 g/mol. The van der Waals surface area contributed by atoms with Crippen LogP contribution in [0.3, 0.4) is 0 Å². The number of rotatable bonds is 4. The number of nitrogens with one attached hydrogen (secondary N) is 1. The molecule has 1 heterocycles. The van der Waals surface area contributed by atoms with Gasteiger partial charge in [-0.05, 0) is 71.8 Å². The number of ether oxygens (including phenoxy) is 1. The van der Waals surface area contributed by atoms with Crippen molar-refractivity contribution in [2.24, 2.45) is 5.92 Å². The molecule has 1 N–H and O–H groups in total. The highest BCUT2D eigenvalue weighted by atomic mass is 16.6. The topological polar surface area (TPSA) is 41.6 Å². The van der Waals surface area contributed by atoms with Gasteiger partial charge < -0.3 is 15.0 Å². The van der Waals surface area contributed by atoms with Crippen LogP contribution in [0.1, 0.15) is 59.3 Å². The third kappa shape index (κ3) is 5.64. The van der Waals surface area contributed by atoms with Gasteiger partial charge in [-0.3, -0.25) is 0 Å². The highest BCUT2D eigenvalue weighted by Crippen LogP contribution is 2.21. The Balaban J connectivity index is 1.79. The monoisotopic (exact) mass is 308 g/mol. The fraction of sp³-hybridized carbons (Fsp3) is 0.833. The van der Waals surface area contributed by atoms with Crippen molar-refractivity contribution in [3.8, 4) is 0 Å². The second kappa shape index (κ2) is 8.00. The zero-order valence-corrected chi connectivity index (χ0v) is 14.4. The predicted molar refractivity (Wildman–Crippen MR) is 89.9 cm³/mol. The lowest BCUT2D eigenvalue weighted by molar-refractivity contribution is 0.00988. The van der Waals surface area contributed by atoms with E-state index in [-0.39, 0.29) is 12.1 Å². The van der Waals surface area contributed by atoms with Crippen LogP contribution in [0.4, 0.5) is 4.79 Å². The molecule has 1 aliphatic carbocycles. The van der Waals surface area contributed by atoms with Gasteiger partial charge in [0.1, 0.15) is 5.60 Å². The number of nitrogens with zero attached hydrogens (tertiary/aromatic N) is 1. The lowest BCUT2D eigenvalue weighted by atomic mass is 9.94. The van der Waals surface area contributed by atoms with E-state index in [0.29, 0.717) is 0 Å². The number of carbonyl (C=O) groups is 1. The van der Waals surface area contributed by atoms with Crippen LogP contribution in [0.2, 0.25) is 0 Å². The van der Waals surface area contributed by atoms with Crippen molar-refractivity contribution in [3.05, 3.63) is 12.2 Å². The lowest BCUT2D eigenvalue weighted by Crippen LogP contribution is -2.50. The molecule has 0 radical (unpaired) electrons. The molecule has 1 saturated heterocycles. The maximum atomic E-state index is 12.4. The zero-order chi connectivity index (χ0) is 16.0. The molecule has 2 atom stereocenters. The van der Waals surface area contributed by atoms with Crippen molar-refractivity contribution >= 4 is 6.09 Å². The molecular formula is C18H32N2O2. The maximum Gasteiger partial charge on any atom is 0.410 e. The molecule has 0 saturated carbocycles. The minimum absolute atomic E-state index is 0.153. The van der Waals surface area contributed by atoms with Crippen molar-refractivity contribution in [1.82, 2.24) is 10.2 Å². The summed E-state index contributed by atoms with van der Waals surface area (Å²) in [7, 11) is 0. The second-order valence-corrected chi connectivity index (χ2v) is 7.63. The van der Waals surface area contributed by atoms with Gasteiger partial charge in [0.05, 0.1) is 0 Å². The Bertz CT molecular complexity index is 387. The smallest absolute Gasteiger partial charge is 0.410 e. The fourth-order valence-corrected chi connectivity index (χ4v) is 3.27.